The Morgan fingerprint density at radius 2 is 2.13 bits per heavy atom. The molecule has 0 saturated heterocycles. The Hall–Kier alpha value is -2.05. The summed E-state index contributed by atoms with van der Waals surface area (Å²) in [5.41, 5.74) is 1.15. The molecule has 0 atom stereocenters. The highest BCUT2D eigenvalue weighted by molar-refractivity contribution is 9.10. The highest BCUT2D eigenvalue weighted by Gasteiger charge is 2.27. The molecule has 1 N–H and O–H groups in total. The number of anilines is 2. The quantitative estimate of drug-likeness (QED) is 0.866. The van der Waals surface area contributed by atoms with Gasteiger partial charge in [-0.1, -0.05) is 33.6 Å². The van der Waals surface area contributed by atoms with Crippen molar-refractivity contribution in [3.8, 4) is 5.75 Å². The zero-order valence-corrected chi connectivity index (χ0v) is 14.2. The number of hydrogen-bond acceptors (Lipinski definition) is 3. The summed E-state index contributed by atoms with van der Waals surface area (Å²) in [7, 11) is 0. The molecule has 23 heavy (non-hydrogen) atoms. The second-order valence-electron chi connectivity index (χ2n) is 4.94. The third-order valence-corrected chi connectivity index (χ3v) is 4.00. The highest BCUT2D eigenvalue weighted by atomic mass is 79.9. The number of nitrogens with zero attached hydrogens (tertiary/aromatic N) is 1. The second kappa shape index (κ2) is 6.60. The fourth-order valence-corrected chi connectivity index (χ4v) is 2.82. The average molecular weight is 396 g/mol. The first-order valence-corrected chi connectivity index (χ1v) is 7.98. The number of carbonyl (C=O) groups is 2. The fourth-order valence-electron chi connectivity index (χ4n) is 2.26. The van der Waals surface area contributed by atoms with Gasteiger partial charge in [0.05, 0.1) is 5.69 Å². The lowest BCUT2D eigenvalue weighted by molar-refractivity contribution is -0.123. The lowest BCUT2D eigenvalue weighted by atomic mass is 10.2. The minimum atomic E-state index is -0.302. The van der Waals surface area contributed by atoms with E-state index in [0.29, 0.717) is 22.1 Å². The summed E-state index contributed by atoms with van der Waals surface area (Å²) in [4.78, 5) is 25.7. The fraction of sp³-hybridized carbons (Fsp3) is 0.125. The van der Waals surface area contributed by atoms with Gasteiger partial charge in [-0.25, -0.2) is 0 Å². The van der Waals surface area contributed by atoms with Crippen LogP contribution in [0.3, 0.4) is 0 Å². The number of amides is 2. The Bertz CT molecular complexity index is 782. The molecule has 0 bridgehead atoms. The van der Waals surface area contributed by atoms with Crippen molar-refractivity contribution in [1.82, 2.24) is 0 Å². The molecular weight excluding hydrogens is 384 g/mol. The maximum absolute atomic E-state index is 12.2. The Morgan fingerprint density at radius 3 is 2.91 bits per heavy atom. The van der Waals surface area contributed by atoms with Crippen molar-refractivity contribution in [2.24, 2.45) is 0 Å². The van der Waals surface area contributed by atoms with Crippen LogP contribution in [0.4, 0.5) is 11.4 Å². The summed E-state index contributed by atoms with van der Waals surface area (Å²) >= 11 is 9.32. The molecule has 2 amide bonds. The van der Waals surface area contributed by atoms with Gasteiger partial charge in [-0.2, -0.15) is 0 Å². The maximum Gasteiger partial charge on any atom is 0.265 e. The maximum atomic E-state index is 12.2. The van der Waals surface area contributed by atoms with Crippen molar-refractivity contribution in [2.45, 2.75) is 0 Å². The second-order valence-corrected chi connectivity index (χ2v) is 6.29. The van der Waals surface area contributed by atoms with Crippen LogP contribution >= 0.6 is 27.5 Å². The molecule has 7 heteroatoms. The third-order valence-electron chi connectivity index (χ3n) is 3.27. The lowest BCUT2D eigenvalue weighted by Gasteiger charge is -2.29. The predicted molar refractivity (Wildman–Crippen MR) is 92.1 cm³/mol. The minimum Gasteiger partial charge on any atom is -0.482 e. The number of fused-ring (bicyclic) bond motifs is 1. The molecule has 1 aliphatic heterocycles. The molecule has 0 saturated carbocycles. The van der Waals surface area contributed by atoms with Crippen molar-refractivity contribution in [1.29, 1.82) is 0 Å². The highest BCUT2D eigenvalue weighted by Crippen LogP contribution is 2.34. The van der Waals surface area contributed by atoms with Crippen LogP contribution in [0.15, 0.2) is 46.9 Å². The van der Waals surface area contributed by atoms with E-state index in [1.165, 1.54) is 4.90 Å². The first-order chi connectivity index (χ1) is 11.0. The van der Waals surface area contributed by atoms with E-state index in [-0.39, 0.29) is 25.0 Å². The summed E-state index contributed by atoms with van der Waals surface area (Å²) in [6, 6.07) is 12.2. The number of nitrogens with one attached hydrogen (secondary N) is 1. The van der Waals surface area contributed by atoms with Crippen LogP contribution in [0.2, 0.25) is 5.02 Å². The molecule has 0 spiro atoms. The Kier molecular flexibility index (Phi) is 4.54. The summed E-state index contributed by atoms with van der Waals surface area (Å²) in [5, 5.41) is 3.23. The molecule has 5 nitrogen and oxygen atoms in total. The average Bonchev–Trinajstić information content (AvgIpc) is 2.50. The van der Waals surface area contributed by atoms with Crippen molar-refractivity contribution in [2.75, 3.05) is 23.4 Å². The zero-order chi connectivity index (χ0) is 16.4. The molecule has 1 heterocycles. The number of benzene rings is 2. The van der Waals surface area contributed by atoms with E-state index in [2.05, 4.69) is 21.2 Å². The summed E-state index contributed by atoms with van der Waals surface area (Å²) < 4.78 is 6.21. The van der Waals surface area contributed by atoms with Crippen molar-refractivity contribution < 1.29 is 14.3 Å². The topological polar surface area (TPSA) is 58.6 Å². The van der Waals surface area contributed by atoms with Crippen LogP contribution < -0.4 is 15.0 Å². The van der Waals surface area contributed by atoms with Crippen LogP contribution in [0, 0.1) is 0 Å². The molecule has 0 aliphatic carbocycles. The minimum absolute atomic E-state index is 0.0984. The lowest BCUT2D eigenvalue weighted by Crippen LogP contribution is -2.43. The van der Waals surface area contributed by atoms with Gasteiger partial charge >= 0.3 is 0 Å². The number of rotatable bonds is 3. The van der Waals surface area contributed by atoms with E-state index in [4.69, 9.17) is 16.3 Å². The van der Waals surface area contributed by atoms with E-state index < -0.39 is 0 Å². The summed E-state index contributed by atoms with van der Waals surface area (Å²) in [5.74, 6) is -0.0577. The number of ether oxygens (including phenoxy) is 1. The van der Waals surface area contributed by atoms with Gasteiger partial charge in [-0.05, 0) is 36.4 Å². The molecule has 0 radical (unpaired) electrons. The molecule has 2 aromatic carbocycles. The molecule has 2 aromatic rings. The number of carbonyl (C=O) groups excluding carboxylic acids is 2. The van der Waals surface area contributed by atoms with Crippen LogP contribution in [-0.4, -0.2) is 25.0 Å². The van der Waals surface area contributed by atoms with Gasteiger partial charge in [0.1, 0.15) is 12.3 Å². The first-order valence-electron chi connectivity index (χ1n) is 6.81. The van der Waals surface area contributed by atoms with E-state index in [1.54, 1.807) is 30.3 Å². The van der Waals surface area contributed by atoms with Crippen molar-refractivity contribution in [3.05, 3.63) is 52.0 Å². The standard InChI is InChI=1S/C16H12BrClN2O3/c17-10-2-1-3-12(6-10)19-15(21)8-20-13-7-11(18)4-5-14(13)23-9-16(20)22/h1-7H,8-9H2,(H,19,21). The van der Waals surface area contributed by atoms with Gasteiger partial charge in [0, 0.05) is 15.2 Å². The van der Waals surface area contributed by atoms with Gasteiger partial charge in [-0.15, -0.1) is 0 Å². The predicted octanol–water partition coefficient (Wildman–Crippen LogP) is 3.47. The Morgan fingerprint density at radius 1 is 1.30 bits per heavy atom. The van der Waals surface area contributed by atoms with Gasteiger partial charge < -0.3 is 10.1 Å². The van der Waals surface area contributed by atoms with E-state index in [9.17, 15) is 9.59 Å². The Labute approximate surface area is 146 Å². The first kappa shape index (κ1) is 15.8. The summed E-state index contributed by atoms with van der Waals surface area (Å²) in [6.45, 7) is -0.207. The number of halogens is 2. The van der Waals surface area contributed by atoms with Gasteiger partial charge in [-0.3, -0.25) is 14.5 Å². The molecule has 0 aromatic heterocycles. The van der Waals surface area contributed by atoms with Crippen molar-refractivity contribution >= 4 is 50.7 Å². The van der Waals surface area contributed by atoms with Crippen molar-refractivity contribution in [3.63, 3.8) is 0 Å². The molecule has 118 valence electrons. The SMILES string of the molecule is O=C(CN1C(=O)COc2ccc(Cl)cc21)Nc1cccc(Br)c1. The van der Waals surface area contributed by atoms with Gasteiger partial charge in [0.2, 0.25) is 5.91 Å². The largest absolute Gasteiger partial charge is 0.482 e. The zero-order valence-electron chi connectivity index (χ0n) is 11.9. The Balaban J connectivity index is 1.78. The monoisotopic (exact) mass is 394 g/mol. The van der Waals surface area contributed by atoms with Crippen LogP contribution in [0.1, 0.15) is 0 Å². The van der Waals surface area contributed by atoms with Crippen LogP contribution in [-0.2, 0) is 9.59 Å². The molecule has 0 unspecified atom stereocenters. The van der Waals surface area contributed by atoms with E-state index >= 15 is 0 Å². The third kappa shape index (κ3) is 3.65. The van der Waals surface area contributed by atoms with Gasteiger partial charge in [0.25, 0.3) is 5.91 Å². The normalized spacial score (nSPS) is 13.3. The van der Waals surface area contributed by atoms with Gasteiger partial charge in [0.15, 0.2) is 6.61 Å². The van der Waals surface area contributed by atoms with Crippen LogP contribution in [0.5, 0.6) is 5.75 Å². The van der Waals surface area contributed by atoms with E-state index in [1.807, 2.05) is 12.1 Å². The molecular formula is C16H12BrClN2O3. The number of hydrogen-bond donors (Lipinski definition) is 1. The molecule has 1 aliphatic rings. The summed E-state index contributed by atoms with van der Waals surface area (Å²) in [6.07, 6.45) is 0. The molecule has 0 fully saturated rings. The van der Waals surface area contributed by atoms with E-state index in [0.717, 1.165) is 4.47 Å². The smallest absolute Gasteiger partial charge is 0.265 e. The molecule has 3 rings (SSSR count). The van der Waals surface area contributed by atoms with Crippen LogP contribution in [0.25, 0.3) is 0 Å².